The van der Waals surface area contributed by atoms with Gasteiger partial charge in [-0.05, 0) is 58.5 Å². The number of benzene rings is 2. The molecule has 2 atom stereocenters. The Bertz CT molecular complexity index is 841. The van der Waals surface area contributed by atoms with E-state index in [2.05, 4.69) is 40.0 Å². The molecule has 144 valence electrons. The van der Waals surface area contributed by atoms with Crippen molar-refractivity contribution in [2.75, 3.05) is 29.0 Å². The predicted molar refractivity (Wildman–Crippen MR) is 108 cm³/mol. The molecule has 0 aromatic heterocycles. The van der Waals surface area contributed by atoms with Crippen LogP contribution in [0, 0.1) is 23.5 Å². The van der Waals surface area contributed by atoms with Crippen molar-refractivity contribution in [3.05, 3.63) is 52.0 Å². The molecule has 0 radical (unpaired) electrons. The third-order valence-corrected chi connectivity index (χ3v) is 5.35. The van der Waals surface area contributed by atoms with Crippen LogP contribution in [0.5, 0.6) is 0 Å². The molecule has 0 aliphatic carbocycles. The number of rotatable bonds is 3. The van der Waals surface area contributed by atoms with Crippen LogP contribution in [-0.4, -0.2) is 19.0 Å². The number of halogens is 3. The summed E-state index contributed by atoms with van der Waals surface area (Å²) in [6.45, 7) is 6.04. The van der Waals surface area contributed by atoms with Gasteiger partial charge >= 0.3 is 0 Å². The van der Waals surface area contributed by atoms with Gasteiger partial charge in [0.1, 0.15) is 5.82 Å². The van der Waals surface area contributed by atoms with Crippen LogP contribution in [0.4, 0.5) is 25.8 Å². The van der Waals surface area contributed by atoms with E-state index in [1.807, 2.05) is 6.07 Å². The number of anilines is 3. The monoisotopic (exact) mass is 437 g/mol. The largest absolute Gasteiger partial charge is 0.399 e. The summed E-state index contributed by atoms with van der Waals surface area (Å²) in [6, 6.07) is 7.00. The van der Waals surface area contributed by atoms with Gasteiger partial charge in [0.05, 0.1) is 11.3 Å². The summed E-state index contributed by atoms with van der Waals surface area (Å²) in [5.74, 6) is -1.05. The van der Waals surface area contributed by atoms with Gasteiger partial charge in [0.25, 0.3) is 5.91 Å². The van der Waals surface area contributed by atoms with E-state index in [-0.39, 0.29) is 10.2 Å². The standard InChI is InChI=1S/C20H22BrF2N3O/c1-11-5-12(2)10-26(9-11)18-4-3-14(24)8-15(18)20(27)25-19-16(21)6-13(22)7-17(19)23/h3-4,6-8,11-12H,5,9-10,24H2,1-2H3,(H,25,27)/t11-,12+. The minimum absolute atomic E-state index is 0.102. The van der Waals surface area contributed by atoms with Gasteiger partial charge in [-0.15, -0.1) is 0 Å². The average Bonchev–Trinajstić information content (AvgIpc) is 2.56. The molecule has 7 heteroatoms. The van der Waals surface area contributed by atoms with Crippen LogP contribution in [0.3, 0.4) is 0 Å². The summed E-state index contributed by atoms with van der Waals surface area (Å²) < 4.78 is 27.5. The van der Waals surface area contributed by atoms with Crippen molar-refractivity contribution >= 4 is 38.9 Å². The van der Waals surface area contributed by atoms with Crippen LogP contribution >= 0.6 is 15.9 Å². The van der Waals surface area contributed by atoms with E-state index in [0.29, 0.717) is 23.1 Å². The molecule has 0 unspecified atom stereocenters. The highest BCUT2D eigenvalue weighted by molar-refractivity contribution is 9.10. The zero-order valence-electron chi connectivity index (χ0n) is 15.2. The molecule has 0 spiro atoms. The highest BCUT2D eigenvalue weighted by atomic mass is 79.9. The number of carbonyl (C=O) groups is 1. The molecule has 1 amide bonds. The Labute approximate surface area is 165 Å². The predicted octanol–water partition coefficient (Wildman–Crippen LogP) is 5.04. The molecule has 3 rings (SSSR count). The summed E-state index contributed by atoms with van der Waals surface area (Å²) in [5.41, 5.74) is 7.36. The normalized spacial score (nSPS) is 19.8. The second-order valence-electron chi connectivity index (χ2n) is 7.33. The minimum Gasteiger partial charge on any atom is -0.399 e. The van der Waals surface area contributed by atoms with Crippen LogP contribution < -0.4 is 16.0 Å². The Kier molecular flexibility index (Phi) is 5.69. The lowest BCUT2D eigenvalue weighted by atomic mass is 9.91. The Morgan fingerprint density at radius 3 is 2.48 bits per heavy atom. The van der Waals surface area contributed by atoms with Gasteiger partial charge in [0.15, 0.2) is 5.82 Å². The van der Waals surface area contributed by atoms with Crippen molar-refractivity contribution in [3.63, 3.8) is 0 Å². The van der Waals surface area contributed by atoms with Gasteiger partial charge < -0.3 is 16.0 Å². The van der Waals surface area contributed by atoms with E-state index in [0.717, 1.165) is 37.3 Å². The second kappa shape index (κ2) is 7.84. The van der Waals surface area contributed by atoms with E-state index in [1.54, 1.807) is 12.1 Å². The van der Waals surface area contributed by atoms with Gasteiger partial charge in [0, 0.05) is 35.0 Å². The maximum Gasteiger partial charge on any atom is 0.257 e. The number of nitrogen functional groups attached to an aromatic ring is 1. The smallest absolute Gasteiger partial charge is 0.257 e. The number of nitrogens with zero attached hydrogens (tertiary/aromatic N) is 1. The zero-order chi connectivity index (χ0) is 19.7. The van der Waals surface area contributed by atoms with Gasteiger partial charge in [-0.3, -0.25) is 4.79 Å². The molecular weight excluding hydrogens is 416 g/mol. The zero-order valence-corrected chi connectivity index (χ0v) is 16.8. The quantitative estimate of drug-likeness (QED) is 0.660. The number of amides is 1. The summed E-state index contributed by atoms with van der Waals surface area (Å²) in [4.78, 5) is 15.1. The first-order valence-corrected chi connectivity index (χ1v) is 9.64. The van der Waals surface area contributed by atoms with E-state index >= 15 is 0 Å². The fourth-order valence-corrected chi connectivity index (χ4v) is 4.22. The summed E-state index contributed by atoms with van der Waals surface area (Å²) in [7, 11) is 0. The molecule has 1 aliphatic heterocycles. The fourth-order valence-electron chi connectivity index (χ4n) is 3.71. The number of carbonyl (C=O) groups excluding carboxylic acids is 1. The number of nitrogens with two attached hydrogens (primary N) is 1. The number of nitrogens with one attached hydrogen (secondary N) is 1. The topological polar surface area (TPSA) is 58.4 Å². The van der Waals surface area contributed by atoms with E-state index in [4.69, 9.17) is 5.73 Å². The lowest BCUT2D eigenvalue weighted by molar-refractivity contribution is 0.102. The van der Waals surface area contributed by atoms with E-state index in [1.165, 1.54) is 0 Å². The minimum atomic E-state index is -0.846. The molecule has 1 aliphatic rings. The van der Waals surface area contributed by atoms with E-state index in [9.17, 15) is 13.6 Å². The lowest BCUT2D eigenvalue weighted by Gasteiger charge is -2.37. The molecule has 2 aromatic carbocycles. The number of hydrogen-bond donors (Lipinski definition) is 2. The highest BCUT2D eigenvalue weighted by Gasteiger charge is 2.26. The first-order valence-electron chi connectivity index (χ1n) is 8.85. The molecule has 1 heterocycles. The average molecular weight is 438 g/mol. The van der Waals surface area contributed by atoms with Crippen molar-refractivity contribution in [2.45, 2.75) is 20.3 Å². The maximum atomic E-state index is 14.1. The maximum absolute atomic E-state index is 14.1. The van der Waals surface area contributed by atoms with Crippen LogP contribution in [0.25, 0.3) is 0 Å². The molecule has 2 aromatic rings. The molecule has 0 saturated carbocycles. The van der Waals surface area contributed by atoms with Crippen molar-refractivity contribution in [3.8, 4) is 0 Å². The van der Waals surface area contributed by atoms with Crippen molar-refractivity contribution in [1.82, 2.24) is 0 Å². The lowest BCUT2D eigenvalue weighted by Crippen LogP contribution is -2.39. The van der Waals surface area contributed by atoms with Crippen molar-refractivity contribution in [2.24, 2.45) is 11.8 Å². The van der Waals surface area contributed by atoms with Gasteiger partial charge in [-0.25, -0.2) is 8.78 Å². The SMILES string of the molecule is C[C@@H]1C[C@H](C)CN(c2ccc(N)cc2C(=O)Nc2c(F)cc(F)cc2Br)C1. The molecule has 1 saturated heterocycles. The van der Waals surface area contributed by atoms with Gasteiger partial charge in [-0.2, -0.15) is 0 Å². The first kappa shape index (κ1) is 19.6. The summed E-state index contributed by atoms with van der Waals surface area (Å²) >= 11 is 3.09. The Morgan fingerprint density at radius 1 is 1.19 bits per heavy atom. The van der Waals surface area contributed by atoms with Gasteiger partial charge in [0.2, 0.25) is 0 Å². The Morgan fingerprint density at radius 2 is 1.85 bits per heavy atom. The fraction of sp³-hybridized carbons (Fsp3) is 0.350. The Hall–Kier alpha value is -2.15. The molecule has 4 nitrogen and oxygen atoms in total. The van der Waals surface area contributed by atoms with Crippen molar-refractivity contribution < 1.29 is 13.6 Å². The van der Waals surface area contributed by atoms with Crippen LogP contribution in [0.2, 0.25) is 0 Å². The molecule has 0 bridgehead atoms. The first-order chi connectivity index (χ1) is 12.7. The molecule has 3 N–H and O–H groups in total. The second-order valence-corrected chi connectivity index (χ2v) is 8.18. The summed E-state index contributed by atoms with van der Waals surface area (Å²) in [5, 5.41) is 2.54. The number of piperidine rings is 1. The highest BCUT2D eigenvalue weighted by Crippen LogP contribution is 2.32. The van der Waals surface area contributed by atoms with Gasteiger partial charge in [-0.1, -0.05) is 13.8 Å². The summed E-state index contributed by atoms with van der Waals surface area (Å²) in [6.07, 6.45) is 1.14. The van der Waals surface area contributed by atoms with Crippen molar-refractivity contribution in [1.29, 1.82) is 0 Å². The third-order valence-electron chi connectivity index (χ3n) is 4.72. The van der Waals surface area contributed by atoms with Crippen LogP contribution in [-0.2, 0) is 0 Å². The molecule has 27 heavy (non-hydrogen) atoms. The van der Waals surface area contributed by atoms with E-state index < -0.39 is 17.5 Å². The molecule has 1 fully saturated rings. The third kappa shape index (κ3) is 4.40. The molecular formula is C20H22BrF2N3O. The Balaban J connectivity index is 1.94. The number of hydrogen-bond acceptors (Lipinski definition) is 3. The van der Waals surface area contributed by atoms with Crippen LogP contribution in [0.1, 0.15) is 30.6 Å². The van der Waals surface area contributed by atoms with Crippen LogP contribution in [0.15, 0.2) is 34.8 Å².